The first-order valence-electron chi connectivity index (χ1n) is 10.0. The van der Waals surface area contributed by atoms with Gasteiger partial charge in [-0.3, -0.25) is 14.7 Å². The maximum atomic E-state index is 12.6. The molecule has 3 heterocycles. The van der Waals surface area contributed by atoms with Crippen molar-refractivity contribution in [2.24, 2.45) is 0 Å². The first kappa shape index (κ1) is 18.8. The van der Waals surface area contributed by atoms with Crippen molar-refractivity contribution in [3.05, 3.63) is 97.0 Å². The molecule has 6 nitrogen and oxygen atoms in total. The predicted octanol–water partition coefficient (Wildman–Crippen LogP) is 4.81. The summed E-state index contributed by atoms with van der Waals surface area (Å²) < 4.78 is 5.66. The van der Waals surface area contributed by atoms with Gasteiger partial charge in [-0.25, -0.2) is 4.98 Å². The summed E-state index contributed by atoms with van der Waals surface area (Å²) in [4.78, 5) is 23.1. The minimum Gasteiger partial charge on any atom is -0.482 e. The van der Waals surface area contributed by atoms with E-state index >= 15 is 0 Å². The second-order valence-electron chi connectivity index (χ2n) is 7.19. The summed E-state index contributed by atoms with van der Waals surface area (Å²) in [6.45, 7) is 0.427. The molecule has 0 atom stereocenters. The van der Waals surface area contributed by atoms with E-state index in [-0.39, 0.29) is 12.5 Å². The van der Waals surface area contributed by atoms with E-state index in [1.165, 1.54) is 0 Å². The van der Waals surface area contributed by atoms with Crippen LogP contribution in [-0.2, 0) is 11.3 Å². The van der Waals surface area contributed by atoms with E-state index in [0.717, 1.165) is 34.0 Å². The van der Waals surface area contributed by atoms with Crippen LogP contribution in [0.5, 0.6) is 5.75 Å². The molecular weight excluding hydrogens is 388 g/mol. The van der Waals surface area contributed by atoms with E-state index in [9.17, 15) is 4.79 Å². The van der Waals surface area contributed by atoms with Crippen LogP contribution in [0.4, 0.5) is 17.2 Å². The first-order valence-corrected chi connectivity index (χ1v) is 10.0. The fraction of sp³-hybridized carbons (Fsp3) is 0.0800. The Morgan fingerprint density at radius 3 is 2.55 bits per heavy atom. The molecule has 1 amide bonds. The van der Waals surface area contributed by atoms with E-state index in [1.54, 1.807) is 17.3 Å². The average Bonchev–Trinajstić information content (AvgIpc) is 2.82. The van der Waals surface area contributed by atoms with Crippen LogP contribution in [0.3, 0.4) is 0 Å². The van der Waals surface area contributed by atoms with Gasteiger partial charge in [0, 0.05) is 18.1 Å². The van der Waals surface area contributed by atoms with Gasteiger partial charge in [0.05, 0.1) is 17.9 Å². The van der Waals surface area contributed by atoms with Crippen LogP contribution in [0, 0.1) is 0 Å². The molecule has 0 unspecified atom stereocenters. The quantitative estimate of drug-likeness (QED) is 0.513. The molecule has 0 saturated heterocycles. The topological polar surface area (TPSA) is 67.3 Å². The van der Waals surface area contributed by atoms with Gasteiger partial charge in [-0.15, -0.1) is 0 Å². The third kappa shape index (κ3) is 4.09. The van der Waals surface area contributed by atoms with Gasteiger partial charge >= 0.3 is 0 Å². The van der Waals surface area contributed by atoms with Crippen molar-refractivity contribution < 1.29 is 9.53 Å². The van der Waals surface area contributed by atoms with E-state index in [4.69, 9.17) is 4.74 Å². The van der Waals surface area contributed by atoms with Crippen molar-refractivity contribution in [1.29, 1.82) is 0 Å². The second-order valence-corrected chi connectivity index (χ2v) is 7.19. The number of fused-ring (bicyclic) bond motifs is 1. The standard InChI is InChI=1S/C25H20N4O2/c30-25-17-31-23-10-9-18(14-22(23)29(25)16-21-8-4-5-12-26-21)19-11-13-27-24(15-19)28-20-6-2-1-3-7-20/h1-15H,16-17H2,(H,27,28). The van der Waals surface area contributed by atoms with Crippen molar-refractivity contribution >= 4 is 23.1 Å². The largest absolute Gasteiger partial charge is 0.482 e. The molecule has 2 aromatic carbocycles. The van der Waals surface area contributed by atoms with Gasteiger partial charge in [0.1, 0.15) is 11.6 Å². The van der Waals surface area contributed by atoms with Crippen LogP contribution in [0.15, 0.2) is 91.3 Å². The normalized spacial score (nSPS) is 12.8. The monoisotopic (exact) mass is 408 g/mol. The zero-order valence-corrected chi connectivity index (χ0v) is 16.7. The van der Waals surface area contributed by atoms with Gasteiger partial charge < -0.3 is 10.1 Å². The number of ether oxygens (including phenoxy) is 1. The summed E-state index contributed by atoms with van der Waals surface area (Å²) in [7, 11) is 0. The number of anilines is 3. The first-order chi connectivity index (χ1) is 15.3. The van der Waals surface area contributed by atoms with Crippen molar-refractivity contribution in [2.75, 3.05) is 16.8 Å². The number of nitrogens with one attached hydrogen (secondary N) is 1. The zero-order chi connectivity index (χ0) is 21.0. The molecule has 1 aliphatic heterocycles. The number of carbonyl (C=O) groups excluding carboxylic acids is 1. The fourth-order valence-corrected chi connectivity index (χ4v) is 3.56. The summed E-state index contributed by atoms with van der Waals surface area (Å²) in [5.41, 5.74) is 4.51. The highest BCUT2D eigenvalue weighted by molar-refractivity contribution is 5.98. The molecule has 0 radical (unpaired) electrons. The molecule has 31 heavy (non-hydrogen) atoms. The third-order valence-electron chi connectivity index (χ3n) is 5.09. The number of aromatic nitrogens is 2. The summed E-state index contributed by atoms with van der Waals surface area (Å²) in [6.07, 6.45) is 3.50. The third-order valence-corrected chi connectivity index (χ3v) is 5.09. The Hall–Kier alpha value is -4.19. The molecule has 0 saturated carbocycles. The highest BCUT2D eigenvalue weighted by atomic mass is 16.5. The van der Waals surface area contributed by atoms with Gasteiger partial charge in [-0.1, -0.05) is 30.3 Å². The van der Waals surface area contributed by atoms with Gasteiger partial charge in [0.2, 0.25) is 0 Å². The molecule has 2 aromatic heterocycles. The summed E-state index contributed by atoms with van der Waals surface area (Å²) in [5, 5.41) is 3.32. The number of carbonyl (C=O) groups is 1. The van der Waals surface area contributed by atoms with Crippen LogP contribution in [-0.4, -0.2) is 22.5 Å². The van der Waals surface area contributed by atoms with Crippen molar-refractivity contribution in [3.8, 4) is 16.9 Å². The molecule has 5 rings (SSSR count). The van der Waals surface area contributed by atoms with Gasteiger partial charge in [0.15, 0.2) is 6.61 Å². The lowest BCUT2D eigenvalue weighted by Crippen LogP contribution is -2.38. The van der Waals surface area contributed by atoms with Crippen molar-refractivity contribution in [3.63, 3.8) is 0 Å². The highest BCUT2D eigenvalue weighted by Crippen LogP contribution is 2.37. The van der Waals surface area contributed by atoms with E-state index in [0.29, 0.717) is 12.3 Å². The summed E-state index contributed by atoms with van der Waals surface area (Å²) in [5.74, 6) is 1.35. The maximum absolute atomic E-state index is 12.6. The number of pyridine rings is 2. The van der Waals surface area contributed by atoms with Crippen LogP contribution in [0.25, 0.3) is 11.1 Å². The molecule has 6 heteroatoms. The number of hydrogen-bond acceptors (Lipinski definition) is 5. The Labute approximate surface area is 180 Å². The Kier molecular flexibility index (Phi) is 5.02. The molecule has 1 N–H and O–H groups in total. The maximum Gasteiger partial charge on any atom is 0.265 e. The fourth-order valence-electron chi connectivity index (χ4n) is 3.56. The molecule has 0 spiro atoms. The lowest BCUT2D eigenvalue weighted by Gasteiger charge is -2.29. The van der Waals surface area contributed by atoms with Gasteiger partial charge in [-0.2, -0.15) is 0 Å². The summed E-state index contributed by atoms with van der Waals surface area (Å²) >= 11 is 0. The second kappa shape index (κ2) is 8.28. The average molecular weight is 408 g/mol. The number of rotatable bonds is 5. The Morgan fingerprint density at radius 2 is 1.71 bits per heavy atom. The molecule has 0 aliphatic carbocycles. The Balaban J connectivity index is 1.47. The van der Waals surface area contributed by atoms with Gasteiger partial charge in [0.25, 0.3) is 5.91 Å². The molecule has 0 bridgehead atoms. The van der Waals surface area contributed by atoms with Crippen molar-refractivity contribution in [2.45, 2.75) is 6.54 Å². The minimum absolute atomic E-state index is 0.0274. The lowest BCUT2D eigenvalue weighted by molar-refractivity contribution is -0.121. The SMILES string of the molecule is O=C1COc2ccc(-c3ccnc(Nc4ccccc4)c3)cc2N1Cc1ccccn1. The van der Waals surface area contributed by atoms with E-state index < -0.39 is 0 Å². The number of para-hydroxylation sites is 1. The van der Waals surface area contributed by atoms with Gasteiger partial charge in [-0.05, 0) is 59.7 Å². The number of amides is 1. The molecule has 152 valence electrons. The number of nitrogens with zero attached hydrogens (tertiary/aromatic N) is 3. The van der Waals surface area contributed by atoms with E-state index in [1.807, 2.05) is 78.9 Å². The highest BCUT2D eigenvalue weighted by Gasteiger charge is 2.26. The Bertz CT molecular complexity index is 1210. The van der Waals surface area contributed by atoms with Crippen LogP contribution >= 0.6 is 0 Å². The van der Waals surface area contributed by atoms with E-state index in [2.05, 4.69) is 15.3 Å². The lowest BCUT2D eigenvalue weighted by atomic mass is 10.0. The molecular formula is C25H20N4O2. The minimum atomic E-state index is -0.0866. The number of hydrogen-bond donors (Lipinski definition) is 1. The predicted molar refractivity (Wildman–Crippen MR) is 120 cm³/mol. The summed E-state index contributed by atoms with van der Waals surface area (Å²) in [6, 6.07) is 25.4. The zero-order valence-electron chi connectivity index (χ0n) is 16.7. The smallest absolute Gasteiger partial charge is 0.265 e. The Morgan fingerprint density at radius 1 is 0.871 bits per heavy atom. The van der Waals surface area contributed by atoms with Crippen LogP contribution in [0.1, 0.15) is 5.69 Å². The molecule has 1 aliphatic rings. The number of benzene rings is 2. The van der Waals surface area contributed by atoms with Crippen molar-refractivity contribution in [1.82, 2.24) is 9.97 Å². The molecule has 4 aromatic rings. The van der Waals surface area contributed by atoms with Crippen LogP contribution < -0.4 is 15.0 Å². The molecule has 0 fully saturated rings. The van der Waals surface area contributed by atoms with Crippen LogP contribution in [0.2, 0.25) is 0 Å².